The molecule has 16 heteroatoms. The number of hydrogen-bond acceptors (Lipinski definition) is 11. The predicted octanol–water partition coefficient (Wildman–Crippen LogP) is -0.132. The van der Waals surface area contributed by atoms with Crippen molar-refractivity contribution >= 4 is 0 Å². The molecule has 0 fully saturated rings. The van der Waals surface area contributed by atoms with Gasteiger partial charge in [-0.2, -0.15) is 0 Å². The van der Waals surface area contributed by atoms with E-state index in [4.69, 9.17) is 0 Å². The molecular weight excluding hydrogens is 378 g/mol. The van der Waals surface area contributed by atoms with E-state index in [1.165, 1.54) is 0 Å². The zero-order valence-corrected chi connectivity index (χ0v) is 14.4. The highest BCUT2D eigenvalue weighted by Gasteiger charge is 2.96. The monoisotopic (exact) mass is 393 g/mol. The third kappa shape index (κ3) is 2.19. The van der Waals surface area contributed by atoms with Gasteiger partial charge in [0.15, 0.2) is 20.4 Å². The molecule has 0 aromatic carbocycles. The second kappa shape index (κ2) is 5.86. The van der Waals surface area contributed by atoms with Gasteiger partial charge in [-0.3, -0.25) is 50.6 Å². The molecule has 16 nitrogen and oxygen atoms in total. The molecular formula is C11H15N5O11. The van der Waals surface area contributed by atoms with E-state index < -0.39 is 58.6 Å². The molecule has 1 rings (SSSR count). The summed E-state index contributed by atoms with van der Waals surface area (Å²) >= 11 is 0. The minimum Gasteiger partial charge on any atom is -0.381 e. The smallest absolute Gasteiger partial charge is 0.381 e. The maximum atomic E-state index is 11.6. The van der Waals surface area contributed by atoms with Gasteiger partial charge in [0.1, 0.15) is 0 Å². The van der Waals surface area contributed by atoms with Crippen molar-refractivity contribution in [2.24, 2.45) is 5.41 Å². The Labute approximate surface area is 149 Å². The van der Waals surface area contributed by atoms with Gasteiger partial charge in [-0.05, 0) is 20.8 Å². The highest BCUT2D eigenvalue weighted by molar-refractivity contribution is 5.31. The molecule has 0 amide bonds. The fraction of sp³-hybridized carbons (Fsp3) is 0.818. The SMILES string of the molecule is CC1=CC(C)([N+](=O)[O-])C(C)(O)C(C)(C([N+](=O)[O-])([N+](=O)[O-])[N+](=O)[O-])C1[N+](=O)[O-]. The zero-order valence-electron chi connectivity index (χ0n) is 14.4. The minimum absolute atomic E-state index is 0.368. The maximum Gasteiger partial charge on any atom is 0.715 e. The van der Waals surface area contributed by atoms with Crippen molar-refractivity contribution in [3.05, 3.63) is 62.2 Å². The van der Waals surface area contributed by atoms with Crippen molar-refractivity contribution in [2.45, 2.75) is 50.7 Å². The van der Waals surface area contributed by atoms with Crippen molar-refractivity contribution in [1.82, 2.24) is 0 Å². The number of nitro groups is 5. The summed E-state index contributed by atoms with van der Waals surface area (Å²) < 4.78 is 0. The summed E-state index contributed by atoms with van der Waals surface area (Å²) in [6.07, 6.45) is 0.618. The van der Waals surface area contributed by atoms with Crippen LogP contribution < -0.4 is 0 Å². The van der Waals surface area contributed by atoms with Crippen molar-refractivity contribution in [3.63, 3.8) is 0 Å². The number of nitrogens with zero attached hydrogens (tertiary/aromatic N) is 5. The molecule has 27 heavy (non-hydrogen) atoms. The van der Waals surface area contributed by atoms with Gasteiger partial charge in [-0.25, -0.2) is 0 Å². The fourth-order valence-electron chi connectivity index (χ4n) is 3.80. The first-order valence-electron chi connectivity index (χ1n) is 7.11. The standard InChI is InChI=1S/C11H15N5O11/c1-6-5-8(2,13(20)21)10(4,17)9(3,7(6)12(18)19)11(14(22)23,15(24)25)16(26)27/h5,7,17H,1-4H3. The van der Waals surface area contributed by atoms with Crippen LogP contribution in [0.4, 0.5) is 0 Å². The average molecular weight is 393 g/mol. The van der Waals surface area contributed by atoms with E-state index in [-0.39, 0.29) is 0 Å². The van der Waals surface area contributed by atoms with E-state index in [0.717, 1.165) is 6.92 Å². The normalized spacial score (nSPS) is 33.7. The Bertz CT molecular complexity index is 756. The Hall–Kier alpha value is -3.30. The van der Waals surface area contributed by atoms with E-state index in [9.17, 15) is 55.7 Å². The van der Waals surface area contributed by atoms with E-state index in [2.05, 4.69) is 0 Å². The van der Waals surface area contributed by atoms with Gasteiger partial charge in [0.2, 0.25) is 0 Å². The summed E-state index contributed by atoms with van der Waals surface area (Å²) in [6.45, 7) is 2.48. The third-order valence-corrected chi connectivity index (χ3v) is 5.53. The molecule has 0 saturated carbocycles. The van der Waals surface area contributed by atoms with Crippen LogP contribution in [-0.2, 0) is 0 Å². The molecule has 0 aromatic heterocycles. The Balaban J connectivity index is 4.31. The van der Waals surface area contributed by atoms with Gasteiger partial charge in [-0.1, -0.05) is 0 Å². The van der Waals surface area contributed by atoms with E-state index in [1.54, 1.807) is 0 Å². The first kappa shape index (κ1) is 21.7. The minimum atomic E-state index is -4.55. The maximum absolute atomic E-state index is 11.6. The first-order chi connectivity index (χ1) is 12.0. The van der Waals surface area contributed by atoms with Crippen LogP contribution in [0.3, 0.4) is 0 Å². The van der Waals surface area contributed by atoms with Crippen LogP contribution in [0.25, 0.3) is 0 Å². The van der Waals surface area contributed by atoms with Crippen LogP contribution in [0, 0.1) is 56.0 Å². The van der Waals surface area contributed by atoms with E-state index >= 15 is 0 Å². The average Bonchev–Trinajstić information content (AvgIpc) is 2.43. The molecule has 0 aliphatic heterocycles. The molecule has 0 aromatic rings. The molecule has 0 heterocycles. The molecule has 0 spiro atoms. The van der Waals surface area contributed by atoms with Gasteiger partial charge < -0.3 is 5.11 Å². The summed E-state index contributed by atoms with van der Waals surface area (Å²) in [6, 6.07) is -2.54. The molecule has 4 unspecified atom stereocenters. The summed E-state index contributed by atoms with van der Waals surface area (Å²) in [5.74, 6) is -4.55. The van der Waals surface area contributed by atoms with Gasteiger partial charge in [0, 0.05) is 28.4 Å². The van der Waals surface area contributed by atoms with Crippen LogP contribution in [0.15, 0.2) is 11.6 Å². The largest absolute Gasteiger partial charge is 0.715 e. The second-order valence-corrected chi connectivity index (χ2v) is 6.66. The van der Waals surface area contributed by atoms with Gasteiger partial charge >= 0.3 is 5.79 Å². The molecule has 1 N–H and O–H groups in total. The summed E-state index contributed by atoms with van der Waals surface area (Å²) in [4.78, 5) is 49.4. The highest BCUT2D eigenvalue weighted by Crippen LogP contribution is 2.57. The third-order valence-electron chi connectivity index (χ3n) is 5.53. The molecule has 0 bridgehead atoms. The predicted molar refractivity (Wildman–Crippen MR) is 82.4 cm³/mol. The van der Waals surface area contributed by atoms with Crippen LogP contribution in [0.1, 0.15) is 27.7 Å². The summed E-state index contributed by atoms with van der Waals surface area (Å²) in [7, 11) is 0. The van der Waals surface area contributed by atoms with Crippen LogP contribution in [-0.4, -0.2) is 52.7 Å². The highest BCUT2D eigenvalue weighted by atomic mass is 16.7. The molecule has 1 aliphatic carbocycles. The lowest BCUT2D eigenvalue weighted by atomic mass is 9.53. The Morgan fingerprint density at radius 1 is 0.926 bits per heavy atom. The van der Waals surface area contributed by atoms with Crippen molar-refractivity contribution < 1.29 is 29.7 Å². The molecule has 0 saturated heterocycles. The lowest BCUT2D eigenvalue weighted by Crippen LogP contribution is -2.81. The van der Waals surface area contributed by atoms with E-state index in [1.807, 2.05) is 0 Å². The lowest BCUT2D eigenvalue weighted by Gasteiger charge is -2.47. The van der Waals surface area contributed by atoms with Crippen molar-refractivity contribution in [2.75, 3.05) is 0 Å². The van der Waals surface area contributed by atoms with Gasteiger partial charge in [-0.15, -0.1) is 0 Å². The first-order valence-corrected chi connectivity index (χ1v) is 7.11. The Morgan fingerprint density at radius 3 is 1.56 bits per heavy atom. The summed E-state index contributed by atoms with van der Waals surface area (Å²) in [5.41, 5.74) is -10.1. The fourth-order valence-corrected chi connectivity index (χ4v) is 3.80. The Morgan fingerprint density at radius 2 is 1.30 bits per heavy atom. The molecule has 150 valence electrons. The number of hydrogen-bond donors (Lipinski definition) is 1. The van der Waals surface area contributed by atoms with Crippen LogP contribution in [0.5, 0.6) is 0 Å². The van der Waals surface area contributed by atoms with Crippen LogP contribution >= 0.6 is 0 Å². The van der Waals surface area contributed by atoms with Gasteiger partial charge in [0.05, 0.1) is 0 Å². The van der Waals surface area contributed by atoms with Crippen molar-refractivity contribution in [3.8, 4) is 0 Å². The topological polar surface area (TPSA) is 236 Å². The molecule has 4 atom stereocenters. The molecule has 1 aliphatic rings. The molecule has 0 radical (unpaired) electrons. The van der Waals surface area contributed by atoms with Crippen LogP contribution in [0.2, 0.25) is 0 Å². The zero-order chi connectivity index (χ0) is 21.7. The number of aliphatic hydroxyl groups is 1. The lowest BCUT2D eigenvalue weighted by molar-refractivity contribution is -0.994. The van der Waals surface area contributed by atoms with Gasteiger partial charge in [0.25, 0.3) is 17.0 Å². The second-order valence-electron chi connectivity index (χ2n) is 6.66. The van der Waals surface area contributed by atoms with E-state index in [0.29, 0.717) is 26.8 Å². The Kier molecular flexibility index (Phi) is 4.72. The quantitative estimate of drug-likeness (QED) is 0.270. The van der Waals surface area contributed by atoms with Crippen molar-refractivity contribution in [1.29, 1.82) is 0 Å². The number of rotatable bonds is 6. The summed E-state index contributed by atoms with van der Waals surface area (Å²) in [5, 5.41) is 68.7.